The Labute approximate surface area is 116 Å². The number of hydrogen-bond donors (Lipinski definition) is 2. The topological polar surface area (TPSA) is 78.9 Å². The number of morpholine rings is 1. The Morgan fingerprint density at radius 1 is 1.35 bits per heavy atom. The van der Waals surface area contributed by atoms with Gasteiger partial charge >= 0.3 is 0 Å². The van der Waals surface area contributed by atoms with Crippen LogP contribution in [0.5, 0.6) is 0 Å². The fraction of sp³-hybridized carbons (Fsp3) is 0.429. The molecule has 0 aliphatic carbocycles. The van der Waals surface area contributed by atoms with E-state index in [1.165, 1.54) is 0 Å². The van der Waals surface area contributed by atoms with Crippen LogP contribution in [0.15, 0.2) is 30.3 Å². The van der Waals surface area contributed by atoms with Gasteiger partial charge in [-0.2, -0.15) is 0 Å². The number of nitrogens with one attached hydrogen (secondary N) is 1. The second-order valence-corrected chi connectivity index (χ2v) is 4.91. The number of carbonyl (C=O) groups is 2. The lowest BCUT2D eigenvalue weighted by Gasteiger charge is -2.44. The highest BCUT2D eigenvalue weighted by Gasteiger charge is 2.52. The fourth-order valence-electron chi connectivity index (χ4n) is 2.58. The molecule has 2 aliphatic rings. The molecule has 6 nitrogen and oxygen atoms in total. The Balaban J connectivity index is 1.80. The molecule has 3 rings (SSSR count). The van der Waals surface area contributed by atoms with E-state index in [0.717, 1.165) is 10.5 Å². The van der Waals surface area contributed by atoms with Gasteiger partial charge in [0.2, 0.25) is 0 Å². The van der Waals surface area contributed by atoms with E-state index in [9.17, 15) is 14.7 Å². The minimum Gasteiger partial charge on any atom is -0.381 e. The van der Waals surface area contributed by atoms with E-state index in [4.69, 9.17) is 4.74 Å². The molecule has 2 heterocycles. The van der Waals surface area contributed by atoms with Crippen molar-refractivity contribution in [3.05, 3.63) is 35.9 Å². The smallest absolute Gasteiger partial charge is 0.261 e. The summed E-state index contributed by atoms with van der Waals surface area (Å²) in [4.78, 5) is 25.3. The standard InChI is InChI=1S/C14H16N2O4/c17-12-11(9-4-2-1-3-5-9)16(14(12)19)13(18)10-8-15-6-7-20-10/h1-5,10-12,15,17H,6-8H2/t10?,11-,12+/m0/s1. The summed E-state index contributed by atoms with van der Waals surface area (Å²) in [5, 5.41) is 12.9. The monoisotopic (exact) mass is 276 g/mol. The number of likely N-dealkylation sites (tertiary alicyclic amines) is 1. The molecule has 1 aromatic carbocycles. The van der Waals surface area contributed by atoms with Gasteiger partial charge in [0.1, 0.15) is 6.10 Å². The average molecular weight is 276 g/mol. The van der Waals surface area contributed by atoms with E-state index in [0.29, 0.717) is 19.7 Å². The second kappa shape index (κ2) is 5.32. The van der Waals surface area contributed by atoms with Crippen molar-refractivity contribution in [2.24, 2.45) is 0 Å². The minimum absolute atomic E-state index is 0.388. The van der Waals surface area contributed by atoms with Crippen molar-refractivity contribution >= 4 is 11.8 Å². The first-order chi connectivity index (χ1) is 9.70. The fourth-order valence-corrected chi connectivity index (χ4v) is 2.58. The van der Waals surface area contributed by atoms with Gasteiger partial charge < -0.3 is 15.2 Å². The largest absolute Gasteiger partial charge is 0.381 e. The van der Waals surface area contributed by atoms with Crippen LogP contribution in [0.4, 0.5) is 0 Å². The summed E-state index contributed by atoms with van der Waals surface area (Å²) in [5.41, 5.74) is 0.747. The number of aliphatic hydroxyl groups is 1. The zero-order valence-corrected chi connectivity index (χ0v) is 10.9. The SMILES string of the molecule is O=C(C1CNCCO1)N1C(=O)[C@H](O)[C@@H]1c1ccccc1. The predicted molar refractivity (Wildman–Crippen MR) is 69.7 cm³/mol. The van der Waals surface area contributed by atoms with Crippen molar-refractivity contribution in [2.75, 3.05) is 19.7 Å². The zero-order valence-electron chi connectivity index (χ0n) is 10.9. The summed E-state index contributed by atoms with van der Waals surface area (Å²) in [5.74, 6) is -0.945. The lowest BCUT2D eigenvalue weighted by Crippen LogP contribution is -2.64. The third-order valence-electron chi connectivity index (χ3n) is 3.65. The molecular weight excluding hydrogens is 260 g/mol. The molecule has 2 N–H and O–H groups in total. The summed E-state index contributed by atoms with van der Waals surface area (Å²) < 4.78 is 5.38. The van der Waals surface area contributed by atoms with E-state index in [1.54, 1.807) is 12.1 Å². The molecule has 0 spiro atoms. The number of nitrogens with zero attached hydrogens (tertiary/aromatic N) is 1. The number of ether oxygens (including phenoxy) is 1. The summed E-state index contributed by atoms with van der Waals surface area (Å²) in [7, 11) is 0. The number of imide groups is 1. The summed E-state index contributed by atoms with van der Waals surface area (Å²) in [6.45, 7) is 1.53. The highest BCUT2D eigenvalue weighted by atomic mass is 16.5. The van der Waals surface area contributed by atoms with Crippen LogP contribution in [0, 0.1) is 0 Å². The van der Waals surface area contributed by atoms with Crippen molar-refractivity contribution in [1.82, 2.24) is 10.2 Å². The lowest BCUT2D eigenvalue weighted by molar-refractivity contribution is -0.181. The van der Waals surface area contributed by atoms with E-state index in [1.807, 2.05) is 18.2 Å². The molecular formula is C14H16N2O4. The predicted octanol–water partition coefficient (Wildman–Crippen LogP) is -0.554. The van der Waals surface area contributed by atoms with Crippen LogP contribution < -0.4 is 5.32 Å². The van der Waals surface area contributed by atoms with Gasteiger partial charge in [-0.05, 0) is 5.56 Å². The van der Waals surface area contributed by atoms with Gasteiger partial charge in [-0.3, -0.25) is 14.5 Å². The van der Waals surface area contributed by atoms with Crippen molar-refractivity contribution in [3.63, 3.8) is 0 Å². The van der Waals surface area contributed by atoms with Gasteiger partial charge in [0.15, 0.2) is 6.10 Å². The maximum Gasteiger partial charge on any atom is 0.261 e. The van der Waals surface area contributed by atoms with Gasteiger partial charge in [0.25, 0.3) is 11.8 Å². The number of rotatable bonds is 2. The molecule has 1 unspecified atom stereocenters. The molecule has 0 radical (unpaired) electrons. The van der Waals surface area contributed by atoms with Gasteiger partial charge in [0, 0.05) is 13.1 Å². The van der Waals surface area contributed by atoms with Crippen LogP contribution in [-0.2, 0) is 14.3 Å². The number of hydrogen-bond acceptors (Lipinski definition) is 5. The molecule has 20 heavy (non-hydrogen) atoms. The Bertz CT molecular complexity index is 513. The van der Waals surface area contributed by atoms with Crippen LogP contribution in [-0.4, -0.2) is 53.7 Å². The van der Waals surface area contributed by atoms with Crippen LogP contribution >= 0.6 is 0 Å². The maximum absolute atomic E-state index is 12.3. The molecule has 0 saturated carbocycles. The third-order valence-corrected chi connectivity index (χ3v) is 3.65. The van der Waals surface area contributed by atoms with Crippen molar-refractivity contribution in [1.29, 1.82) is 0 Å². The molecule has 6 heteroatoms. The molecule has 2 amide bonds. The summed E-state index contributed by atoms with van der Waals surface area (Å²) in [6, 6.07) is 8.44. The first-order valence-corrected chi connectivity index (χ1v) is 6.62. The Morgan fingerprint density at radius 2 is 2.10 bits per heavy atom. The van der Waals surface area contributed by atoms with Gasteiger partial charge in [0.05, 0.1) is 12.6 Å². The minimum atomic E-state index is -1.15. The van der Waals surface area contributed by atoms with E-state index < -0.39 is 24.2 Å². The molecule has 0 bridgehead atoms. The van der Waals surface area contributed by atoms with Crippen molar-refractivity contribution in [3.8, 4) is 0 Å². The summed E-state index contributed by atoms with van der Waals surface area (Å²) in [6.07, 6.45) is -1.82. The van der Waals surface area contributed by atoms with E-state index in [2.05, 4.69) is 5.32 Å². The lowest BCUT2D eigenvalue weighted by atomic mass is 9.90. The van der Waals surface area contributed by atoms with E-state index in [-0.39, 0.29) is 5.91 Å². The zero-order chi connectivity index (χ0) is 14.1. The van der Waals surface area contributed by atoms with Crippen LogP contribution in [0.3, 0.4) is 0 Å². The van der Waals surface area contributed by atoms with Gasteiger partial charge in [-0.15, -0.1) is 0 Å². The Hall–Kier alpha value is -1.76. The highest BCUT2D eigenvalue weighted by molar-refractivity contribution is 6.05. The first kappa shape index (κ1) is 13.2. The Kier molecular flexibility index (Phi) is 3.52. The van der Waals surface area contributed by atoms with Gasteiger partial charge in [-0.1, -0.05) is 30.3 Å². The number of benzene rings is 1. The van der Waals surface area contributed by atoms with Gasteiger partial charge in [-0.25, -0.2) is 0 Å². The van der Waals surface area contributed by atoms with Crippen LogP contribution in [0.2, 0.25) is 0 Å². The average Bonchev–Trinajstić information content (AvgIpc) is 2.52. The Morgan fingerprint density at radius 3 is 2.75 bits per heavy atom. The summed E-state index contributed by atoms with van der Waals surface area (Å²) >= 11 is 0. The van der Waals surface area contributed by atoms with E-state index >= 15 is 0 Å². The highest BCUT2D eigenvalue weighted by Crippen LogP contribution is 2.35. The van der Waals surface area contributed by atoms with Crippen LogP contribution in [0.25, 0.3) is 0 Å². The van der Waals surface area contributed by atoms with Crippen molar-refractivity contribution < 1.29 is 19.4 Å². The maximum atomic E-state index is 12.3. The molecule has 3 atom stereocenters. The molecule has 2 saturated heterocycles. The molecule has 0 aromatic heterocycles. The second-order valence-electron chi connectivity index (χ2n) is 4.91. The molecule has 1 aromatic rings. The third kappa shape index (κ3) is 2.11. The number of carbonyl (C=O) groups excluding carboxylic acids is 2. The first-order valence-electron chi connectivity index (χ1n) is 6.62. The normalized spacial score (nSPS) is 29.9. The quantitative estimate of drug-likeness (QED) is 0.559. The number of amides is 2. The molecule has 2 aliphatic heterocycles. The molecule has 106 valence electrons. The molecule has 2 fully saturated rings. The van der Waals surface area contributed by atoms with Crippen molar-refractivity contribution in [2.45, 2.75) is 18.2 Å². The number of β-lactam (4-membered cyclic amide) rings is 1. The van der Waals surface area contributed by atoms with Crippen LogP contribution in [0.1, 0.15) is 11.6 Å². The number of aliphatic hydroxyl groups excluding tert-OH is 1.